The van der Waals surface area contributed by atoms with Crippen molar-refractivity contribution >= 4 is 5.78 Å². The van der Waals surface area contributed by atoms with E-state index < -0.39 is 0 Å². The highest BCUT2D eigenvalue weighted by Gasteiger charge is 2.21. The maximum atomic E-state index is 10.9. The molecule has 0 atom stereocenters. The summed E-state index contributed by atoms with van der Waals surface area (Å²) in [6.45, 7) is 3.06. The van der Waals surface area contributed by atoms with E-state index in [1.807, 2.05) is 12.1 Å². The fraction of sp³-hybridized carbons (Fsp3) is 0.400. The molecule has 0 bridgehead atoms. The van der Waals surface area contributed by atoms with Crippen LogP contribution in [0.5, 0.6) is 0 Å². The molecule has 0 radical (unpaired) electrons. The molecular formula is C10H11NO2. The number of carbonyl (C=O) groups excluding carboxylic acids is 1. The fourth-order valence-electron chi connectivity index (χ4n) is 1.26. The number of Topliss-reactive ketones (excluding diaryl/α,β-unsaturated/α-hetero) is 1. The number of rotatable bonds is 2. The molecule has 3 heteroatoms. The summed E-state index contributed by atoms with van der Waals surface area (Å²) in [6.07, 6.45) is 1.63. The minimum absolute atomic E-state index is 0.0592. The van der Waals surface area contributed by atoms with Gasteiger partial charge in [0.25, 0.3) is 0 Å². The van der Waals surface area contributed by atoms with Crippen LogP contribution in [0, 0.1) is 0 Å². The van der Waals surface area contributed by atoms with Gasteiger partial charge in [0.2, 0.25) is 0 Å². The maximum Gasteiger partial charge on any atom is 0.161 e. The Morgan fingerprint density at radius 3 is 2.69 bits per heavy atom. The predicted molar refractivity (Wildman–Crippen MR) is 47.8 cm³/mol. The van der Waals surface area contributed by atoms with Gasteiger partial charge in [0.05, 0.1) is 13.2 Å². The number of pyridine rings is 1. The number of hydrogen-bond acceptors (Lipinski definition) is 3. The molecule has 1 aliphatic rings. The van der Waals surface area contributed by atoms with Crippen molar-refractivity contribution in [2.45, 2.75) is 12.8 Å². The quantitative estimate of drug-likeness (QED) is 0.641. The molecular weight excluding hydrogens is 166 g/mol. The van der Waals surface area contributed by atoms with Crippen molar-refractivity contribution in [1.82, 2.24) is 4.98 Å². The van der Waals surface area contributed by atoms with E-state index in [0.717, 1.165) is 18.9 Å². The van der Waals surface area contributed by atoms with Gasteiger partial charge in [-0.3, -0.25) is 9.78 Å². The highest BCUT2D eigenvalue weighted by Crippen LogP contribution is 2.21. The van der Waals surface area contributed by atoms with E-state index in [9.17, 15) is 4.79 Å². The van der Waals surface area contributed by atoms with Crippen LogP contribution in [0.1, 0.15) is 28.9 Å². The zero-order valence-corrected chi connectivity index (χ0v) is 7.49. The Kier molecular flexibility index (Phi) is 2.10. The van der Waals surface area contributed by atoms with E-state index in [0.29, 0.717) is 11.5 Å². The molecule has 0 unspecified atom stereocenters. The highest BCUT2D eigenvalue weighted by atomic mass is 16.5. The molecule has 68 valence electrons. The minimum Gasteiger partial charge on any atom is -0.380 e. The third kappa shape index (κ3) is 1.60. The average molecular weight is 177 g/mol. The van der Waals surface area contributed by atoms with E-state index in [4.69, 9.17) is 4.74 Å². The Morgan fingerprint density at radius 1 is 1.54 bits per heavy atom. The molecule has 0 N–H and O–H groups in total. The topological polar surface area (TPSA) is 39.2 Å². The zero-order chi connectivity index (χ0) is 9.26. The molecule has 1 aromatic rings. The van der Waals surface area contributed by atoms with Gasteiger partial charge in [-0.25, -0.2) is 0 Å². The lowest BCUT2D eigenvalue weighted by atomic mass is 10.0. The standard InChI is InChI=1S/C10H11NO2/c1-7(12)8-2-3-10(11-4-8)9-5-13-6-9/h2-4,9H,5-6H2,1H3. The van der Waals surface area contributed by atoms with Crippen LogP contribution in [-0.4, -0.2) is 24.0 Å². The first-order chi connectivity index (χ1) is 6.27. The van der Waals surface area contributed by atoms with Crippen molar-refractivity contribution in [3.05, 3.63) is 29.6 Å². The molecule has 1 aliphatic heterocycles. The van der Waals surface area contributed by atoms with Crippen LogP contribution in [0.4, 0.5) is 0 Å². The van der Waals surface area contributed by atoms with Gasteiger partial charge in [-0.1, -0.05) is 0 Å². The van der Waals surface area contributed by atoms with Crippen LogP contribution in [0.15, 0.2) is 18.3 Å². The van der Waals surface area contributed by atoms with Crippen molar-refractivity contribution in [3.63, 3.8) is 0 Å². The normalized spacial score (nSPS) is 16.7. The SMILES string of the molecule is CC(=O)c1ccc(C2COC2)nc1. The van der Waals surface area contributed by atoms with Gasteiger partial charge >= 0.3 is 0 Å². The third-order valence-electron chi connectivity index (χ3n) is 2.25. The van der Waals surface area contributed by atoms with Crippen LogP contribution >= 0.6 is 0 Å². The van der Waals surface area contributed by atoms with Gasteiger partial charge in [0.1, 0.15) is 0 Å². The molecule has 2 rings (SSSR count). The van der Waals surface area contributed by atoms with Crippen molar-refractivity contribution in [3.8, 4) is 0 Å². The van der Waals surface area contributed by atoms with E-state index in [-0.39, 0.29) is 5.78 Å². The molecule has 2 heterocycles. The third-order valence-corrected chi connectivity index (χ3v) is 2.25. The summed E-state index contributed by atoms with van der Waals surface area (Å²) in [4.78, 5) is 15.2. The molecule has 0 aromatic carbocycles. The van der Waals surface area contributed by atoms with Crippen molar-refractivity contribution in [2.24, 2.45) is 0 Å². The Bertz CT molecular complexity index is 314. The Labute approximate surface area is 76.7 Å². The first kappa shape index (κ1) is 8.38. The summed E-state index contributed by atoms with van der Waals surface area (Å²) in [5, 5.41) is 0. The number of aromatic nitrogens is 1. The van der Waals surface area contributed by atoms with E-state index in [2.05, 4.69) is 4.98 Å². The predicted octanol–water partition coefficient (Wildman–Crippen LogP) is 1.40. The van der Waals surface area contributed by atoms with Gasteiger partial charge < -0.3 is 4.74 Å². The van der Waals surface area contributed by atoms with Crippen LogP contribution in [0.3, 0.4) is 0 Å². The zero-order valence-electron chi connectivity index (χ0n) is 7.49. The van der Waals surface area contributed by atoms with Crippen LogP contribution in [0.25, 0.3) is 0 Å². The van der Waals surface area contributed by atoms with Gasteiger partial charge in [0, 0.05) is 23.4 Å². The summed E-state index contributed by atoms with van der Waals surface area (Å²) >= 11 is 0. The smallest absolute Gasteiger partial charge is 0.161 e. The molecule has 0 amide bonds. The lowest BCUT2D eigenvalue weighted by Gasteiger charge is -2.25. The van der Waals surface area contributed by atoms with Crippen molar-refractivity contribution in [1.29, 1.82) is 0 Å². The number of ether oxygens (including phenoxy) is 1. The largest absolute Gasteiger partial charge is 0.380 e. The summed E-state index contributed by atoms with van der Waals surface area (Å²) in [5.74, 6) is 0.491. The van der Waals surface area contributed by atoms with Crippen LogP contribution < -0.4 is 0 Å². The number of nitrogens with zero attached hydrogens (tertiary/aromatic N) is 1. The highest BCUT2D eigenvalue weighted by molar-refractivity contribution is 5.93. The lowest BCUT2D eigenvalue weighted by molar-refractivity contribution is 0.00671. The number of hydrogen-bond donors (Lipinski definition) is 0. The Balaban J connectivity index is 2.17. The molecule has 0 aliphatic carbocycles. The van der Waals surface area contributed by atoms with E-state index in [1.54, 1.807) is 13.1 Å². The summed E-state index contributed by atoms with van der Waals surface area (Å²) < 4.78 is 5.06. The minimum atomic E-state index is 0.0592. The average Bonchev–Trinajstić information content (AvgIpc) is 2.02. The number of carbonyl (C=O) groups is 1. The fourth-order valence-corrected chi connectivity index (χ4v) is 1.26. The molecule has 1 fully saturated rings. The van der Waals surface area contributed by atoms with Gasteiger partial charge in [-0.2, -0.15) is 0 Å². The second kappa shape index (κ2) is 3.26. The first-order valence-corrected chi connectivity index (χ1v) is 4.32. The van der Waals surface area contributed by atoms with Gasteiger partial charge in [-0.05, 0) is 19.1 Å². The Morgan fingerprint density at radius 2 is 2.31 bits per heavy atom. The van der Waals surface area contributed by atoms with Gasteiger partial charge in [0.15, 0.2) is 5.78 Å². The van der Waals surface area contributed by atoms with Crippen LogP contribution in [0.2, 0.25) is 0 Å². The summed E-state index contributed by atoms with van der Waals surface area (Å²) in [7, 11) is 0. The van der Waals surface area contributed by atoms with Crippen molar-refractivity contribution in [2.75, 3.05) is 13.2 Å². The molecule has 1 saturated heterocycles. The molecule has 3 nitrogen and oxygen atoms in total. The van der Waals surface area contributed by atoms with E-state index in [1.165, 1.54) is 0 Å². The first-order valence-electron chi connectivity index (χ1n) is 4.32. The second-order valence-electron chi connectivity index (χ2n) is 3.26. The molecule has 13 heavy (non-hydrogen) atoms. The van der Waals surface area contributed by atoms with Crippen LogP contribution in [-0.2, 0) is 4.74 Å². The Hall–Kier alpha value is -1.22. The molecule has 0 spiro atoms. The summed E-state index contributed by atoms with van der Waals surface area (Å²) in [6, 6.07) is 3.73. The molecule has 1 aromatic heterocycles. The van der Waals surface area contributed by atoms with Crippen molar-refractivity contribution < 1.29 is 9.53 Å². The van der Waals surface area contributed by atoms with E-state index >= 15 is 0 Å². The molecule has 0 saturated carbocycles. The monoisotopic (exact) mass is 177 g/mol. The van der Waals surface area contributed by atoms with Gasteiger partial charge in [-0.15, -0.1) is 0 Å². The summed E-state index contributed by atoms with van der Waals surface area (Å²) in [5.41, 5.74) is 1.69. The number of ketones is 1. The maximum absolute atomic E-state index is 10.9. The lowest BCUT2D eigenvalue weighted by Crippen LogP contribution is -2.25. The second-order valence-corrected chi connectivity index (χ2v) is 3.26.